The molecule has 0 radical (unpaired) electrons. The Morgan fingerprint density at radius 3 is 1.15 bits per heavy atom. The SMILES string of the molecule is CCCCC/C=C\CCCCCCCC(=O)OCCCCCCCCCCCCCCCCCCCCCCCCCCCCCCCCCCCCCC(=O)NC(COC1OC(CO)C(O)C(O)C1O)C(O)/C=C/CCCCCCCCCC. The normalized spacial score (nSPS) is 18.0. The molecule has 1 aliphatic heterocycles. The first kappa shape index (κ1) is 81.2. The molecular weight excluding hydrogens is 1060 g/mol. The highest BCUT2D eigenvalue weighted by Crippen LogP contribution is 2.24. The van der Waals surface area contributed by atoms with Gasteiger partial charge < -0.3 is 45.1 Å². The van der Waals surface area contributed by atoms with Gasteiger partial charge in [-0.05, 0) is 57.8 Å². The monoisotopic (exact) mass is 1200 g/mol. The number of hydrogen-bond donors (Lipinski definition) is 6. The van der Waals surface area contributed by atoms with Gasteiger partial charge >= 0.3 is 5.97 Å². The summed E-state index contributed by atoms with van der Waals surface area (Å²) in [5.41, 5.74) is 0. The van der Waals surface area contributed by atoms with E-state index in [1.807, 2.05) is 6.08 Å². The van der Waals surface area contributed by atoms with Crippen LogP contribution in [0.4, 0.5) is 0 Å². The summed E-state index contributed by atoms with van der Waals surface area (Å²) in [6, 6.07) is -0.804. The highest BCUT2D eigenvalue weighted by atomic mass is 16.7. The Morgan fingerprint density at radius 2 is 0.753 bits per heavy atom. The van der Waals surface area contributed by atoms with Crippen LogP contribution in [0.3, 0.4) is 0 Å². The van der Waals surface area contributed by atoms with Crippen molar-refractivity contribution in [3.63, 3.8) is 0 Å². The van der Waals surface area contributed by atoms with E-state index in [0.717, 1.165) is 57.8 Å². The van der Waals surface area contributed by atoms with Gasteiger partial charge in [-0.25, -0.2) is 0 Å². The van der Waals surface area contributed by atoms with Crippen LogP contribution in [0.15, 0.2) is 24.3 Å². The lowest BCUT2D eigenvalue weighted by Gasteiger charge is -2.40. The van der Waals surface area contributed by atoms with Crippen LogP contribution in [0.5, 0.6) is 0 Å². The van der Waals surface area contributed by atoms with E-state index in [9.17, 15) is 35.1 Å². The Hall–Kier alpha value is -1.86. The number of hydrogen-bond acceptors (Lipinski definition) is 10. The third kappa shape index (κ3) is 52.6. The van der Waals surface area contributed by atoms with E-state index in [4.69, 9.17) is 14.2 Å². The molecule has 1 heterocycles. The molecule has 1 saturated heterocycles. The summed E-state index contributed by atoms with van der Waals surface area (Å²) in [7, 11) is 0. The van der Waals surface area contributed by atoms with Gasteiger partial charge in [0.2, 0.25) is 5.91 Å². The molecule has 0 aromatic carbocycles. The molecule has 502 valence electrons. The van der Waals surface area contributed by atoms with Crippen molar-refractivity contribution in [2.24, 2.45) is 0 Å². The predicted octanol–water partition coefficient (Wildman–Crippen LogP) is 19.2. The summed E-state index contributed by atoms with van der Waals surface area (Å²) in [4.78, 5) is 25.1. The third-order valence-electron chi connectivity index (χ3n) is 17.8. The molecule has 7 unspecified atom stereocenters. The second kappa shape index (κ2) is 63.7. The minimum absolute atomic E-state index is 0.00623. The van der Waals surface area contributed by atoms with E-state index in [1.54, 1.807) is 6.08 Å². The number of aliphatic hydroxyl groups excluding tert-OH is 5. The summed E-state index contributed by atoms with van der Waals surface area (Å²) in [6.07, 6.45) is 70.6. The maximum absolute atomic E-state index is 13.0. The van der Waals surface area contributed by atoms with Crippen LogP contribution in [0.1, 0.15) is 373 Å². The smallest absolute Gasteiger partial charge is 0.305 e. The molecule has 7 atom stereocenters. The van der Waals surface area contributed by atoms with E-state index >= 15 is 0 Å². The standard InChI is InChI=1S/C74H141NO10/c1-3-5-7-9-11-13-15-42-46-50-54-58-62-70(79)83-63-59-55-51-47-43-40-38-36-34-32-30-28-26-24-22-20-18-16-17-19-21-23-25-27-29-31-33-35-37-39-41-45-49-53-57-61-69(78)75-66(65-84-74-73(82)72(81)71(80)68(64-76)85-74)67(77)60-56-52-48-44-14-12-10-8-6-4-2/h11,13,56,60,66-68,71-74,76-77,80-82H,3-10,12,14-55,57-59,61-65H2,1-2H3,(H,75,78)/b13-11-,60-56+. The largest absolute Gasteiger partial charge is 0.466 e. The fourth-order valence-corrected chi connectivity index (χ4v) is 12.0. The fraction of sp³-hybridized carbons (Fsp3) is 0.919. The number of unbranched alkanes of at least 4 members (excludes halogenated alkanes) is 50. The summed E-state index contributed by atoms with van der Waals surface area (Å²) in [5, 5.41) is 54.4. The molecule has 0 bridgehead atoms. The minimum Gasteiger partial charge on any atom is -0.466 e. The first-order chi connectivity index (χ1) is 41.7. The zero-order valence-corrected chi connectivity index (χ0v) is 55.8. The number of ether oxygens (including phenoxy) is 3. The number of nitrogens with one attached hydrogen (secondary N) is 1. The van der Waals surface area contributed by atoms with E-state index in [0.29, 0.717) is 19.4 Å². The summed E-state index contributed by atoms with van der Waals surface area (Å²) in [5.74, 6) is -0.170. The van der Waals surface area contributed by atoms with Gasteiger partial charge in [0, 0.05) is 12.8 Å². The number of esters is 1. The van der Waals surface area contributed by atoms with Gasteiger partial charge in [-0.3, -0.25) is 9.59 Å². The molecule has 0 saturated carbocycles. The van der Waals surface area contributed by atoms with Crippen LogP contribution in [0.2, 0.25) is 0 Å². The minimum atomic E-state index is -1.57. The highest BCUT2D eigenvalue weighted by molar-refractivity contribution is 5.76. The van der Waals surface area contributed by atoms with Crippen molar-refractivity contribution in [3.05, 3.63) is 24.3 Å². The molecule has 0 aromatic rings. The number of carbonyl (C=O) groups excluding carboxylic acids is 2. The van der Waals surface area contributed by atoms with E-state index in [-0.39, 0.29) is 18.5 Å². The topological polar surface area (TPSA) is 175 Å². The maximum Gasteiger partial charge on any atom is 0.305 e. The lowest BCUT2D eigenvalue weighted by molar-refractivity contribution is -0.302. The second-order valence-electron chi connectivity index (χ2n) is 26.0. The van der Waals surface area contributed by atoms with Crippen LogP contribution >= 0.6 is 0 Å². The molecule has 1 rings (SSSR count). The van der Waals surface area contributed by atoms with Crippen molar-refractivity contribution in [1.82, 2.24) is 5.32 Å². The molecule has 1 aliphatic rings. The Bertz CT molecular complexity index is 1460. The molecule has 6 N–H and O–H groups in total. The zero-order valence-electron chi connectivity index (χ0n) is 55.8. The lowest BCUT2D eigenvalue weighted by Crippen LogP contribution is -2.60. The van der Waals surface area contributed by atoms with E-state index in [2.05, 4.69) is 31.3 Å². The second-order valence-corrected chi connectivity index (χ2v) is 26.0. The van der Waals surface area contributed by atoms with Crippen molar-refractivity contribution in [3.8, 4) is 0 Å². The van der Waals surface area contributed by atoms with Crippen LogP contribution < -0.4 is 5.32 Å². The summed E-state index contributed by atoms with van der Waals surface area (Å²) in [6.45, 7) is 4.34. The molecule has 11 heteroatoms. The first-order valence-corrected chi connectivity index (χ1v) is 37.1. The molecule has 0 aromatic heterocycles. The fourth-order valence-electron chi connectivity index (χ4n) is 12.0. The van der Waals surface area contributed by atoms with Crippen molar-refractivity contribution in [2.45, 2.75) is 416 Å². The van der Waals surface area contributed by atoms with Crippen molar-refractivity contribution in [2.75, 3.05) is 19.8 Å². The predicted molar refractivity (Wildman–Crippen MR) is 357 cm³/mol. The molecular formula is C74H141NO10. The number of amides is 1. The maximum atomic E-state index is 13.0. The average molecular weight is 1200 g/mol. The summed E-state index contributed by atoms with van der Waals surface area (Å²) < 4.78 is 16.7. The Kier molecular flexibility index (Phi) is 60.8. The van der Waals surface area contributed by atoms with Crippen molar-refractivity contribution >= 4 is 11.9 Å². The first-order valence-electron chi connectivity index (χ1n) is 37.1. The Balaban J connectivity index is 1.88. The van der Waals surface area contributed by atoms with Gasteiger partial charge in [0.25, 0.3) is 0 Å². The van der Waals surface area contributed by atoms with Gasteiger partial charge in [-0.2, -0.15) is 0 Å². The van der Waals surface area contributed by atoms with Gasteiger partial charge in [-0.15, -0.1) is 0 Å². The number of allylic oxidation sites excluding steroid dienone is 3. The molecule has 0 spiro atoms. The molecule has 0 aliphatic carbocycles. The zero-order chi connectivity index (χ0) is 61.6. The van der Waals surface area contributed by atoms with E-state index in [1.165, 1.54) is 289 Å². The van der Waals surface area contributed by atoms with Crippen molar-refractivity contribution < 1.29 is 49.3 Å². The lowest BCUT2D eigenvalue weighted by atomic mass is 9.99. The molecule has 11 nitrogen and oxygen atoms in total. The van der Waals surface area contributed by atoms with Gasteiger partial charge in [-0.1, -0.05) is 327 Å². The van der Waals surface area contributed by atoms with Gasteiger partial charge in [0.1, 0.15) is 24.4 Å². The van der Waals surface area contributed by atoms with Gasteiger partial charge in [0.05, 0.1) is 32.0 Å². The van der Waals surface area contributed by atoms with E-state index < -0.39 is 49.5 Å². The number of carbonyl (C=O) groups is 2. The molecule has 1 fully saturated rings. The van der Waals surface area contributed by atoms with Crippen LogP contribution in [-0.2, 0) is 23.8 Å². The van der Waals surface area contributed by atoms with Crippen LogP contribution in [-0.4, -0.2) is 100 Å². The number of aliphatic hydroxyl groups is 5. The molecule has 1 amide bonds. The third-order valence-corrected chi connectivity index (χ3v) is 17.8. The van der Waals surface area contributed by atoms with Crippen LogP contribution in [0.25, 0.3) is 0 Å². The van der Waals surface area contributed by atoms with Crippen molar-refractivity contribution in [1.29, 1.82) is 0 Å². The molecule has 85 heavy (non-hydrogen) atoms. The number of rotatable bonds is 66. The average Bonchev–Trinajstić information content (AvgIpc) is 3.33. The Morgan fingerprint density at radius 1 is 0.424 bits per heavy atom. The Labute approximate surface area is 524 Å². The summed E-state index contributed by atoms with van der Waals surface area (Å²) >= 11 is 0. The van der Waals surface area contributed by atoms with Gasteiger partial charge in [0.15, 0.2) is 6.29 Å². The highest BCUT2D eigenvalue weighted by Gasteiger charge is 2.44. The van der Waals surface area contributed by atoms with Crippen LogP contribution in [0, 0.1) is 0 Å². The quantitative estimate of drug-likeness (QED) is 0.0195.